The van der Waals surface area contributed by atoms with Crippen LogP contribution in [0.25, 0.3) is 0 Å². The Balaban J connectivity index is 0.00000288. The van der Waals surface area contributed by atoms with Crippen LogP contribution < -0.4 is 10.6 Å². The van der Waals surface area contributed by atoms with Gasteiger partial charge in [-0.15, -0.1) is 24.0 Å². The van der Waals surface area contributed by atoms with E-state index >= 15 is 0 Å². The van der Waals surface area contributed by atoms with E-state index < -0.39 is 5.60 Å². The van der Waals surface area contributed by atoms with Crippen molar-refractivity contribution in [1.29, 1.82) is 0 Å². The number of hydrogen-bond acceptors (Lipinski definition) is 4. The van der Waals surface area contributed by atoms with Gasteiger partial charge in [-0.05, 0) is 48.7 Å². The summed E-state index contributed by atoms with van der Waals surface area (Å²) in [5.41, 5.74) is 1.09. The lowest BCUT2D eigenvalue weighted by Gasteiger charge is -2.21. The van der Waals surface area contributed by atoms with Gasteiger partial charge in [0.15, 0.2) is 5.96 Å². The minimum absolute atomic E-state index is 0. The Bertz CT molecular complexity index is 624. The van der Waals surface area contributed by atoms with Gasteiger partial charge in [0.2, 0.25) is 0 Å². The number of aryl methyl sites for hydroxylation is 1. The molecule has 0 saturated heterocycles. The van der Waals surface area contributed by atoms with Gasteiger partial charge in [0.1, 0.15) is 5.60 Å². The van der Waals surface area contributed by atoms with Gasteiger partial charge in [0.25, 0.3) is 0 Å². The highest BCUT2D eigenvalue weighted by Crippen LogP contribution is 2.23. The number of hydrogen-bond donors (Lipinski definition) is 3. The molecule has 6 nitrogen and oxygen atoms in total. The largest absolute Gasteiger partial charge is 0.383 e. The fourth-order valence-corrected chi connectivity index (χ4v) is 2.90. The zero-order valence-corrected chi connectivity index (χ0v) is 17.5. The van der Waals surface area contributed by atoms with Crippen LogP contribution >= 0.6 is 35.3 Å². The fraction of sp³-hybridized carbons (Fsp3) is 0.500. The summed E-state index contributed by atoms with van der Waals surface area (Å²) in [6.07, 6.45) is 3.85. The number of halogens is 1. The molecule has 0 saturated carbocycles. The highest BCUT2D eigenvalue weighted by Gasteiger charge is 2.23. The third-order valence-electron chi connectivity index (χ3n) is 3.43. The van der Waals surface area contributed by atoms with Crippen LogP contribution in [0.4, 0.5) is 0 Å². The van der Waals surface area contributed by atoms with Crippen molar-refractivity contribution < 1.29 is 5.11 Å². The lowest BCUT2D eigenvalue weighted by molar-refractivity contribution is 0.0677. The molecule has 2 aromatic rings. The minimum atomic E-state index is -0.957. The van der Waals surface area contributed by atoms with Crippen molar-refractivity contribution >= 4 is 41.3 Å². The summed E-state index contributed by atoms with van der Waals surface area (Å²) in [4.78, 5) is 4.50. The second-order valence-corrected chi connectivity index (χ2v) is 6.47. The molecule has 2 heterocycles. The lowest BCUT2D eigenvalue weighted by Crippen LogP contribution is -2.40. The molecule has 0 radical (unpaired) electrons. The maximum absolute atomic E-state index is 10.5. The highest BCUT2D eigenvalue weighted by atomic mass is 127. The minimum Gasteiger partial charge on any atom is -0.383 e. The van der Waals surface area contributed by atoms with Crippen molar-refractivity contribution in [2.45, 2.75) is 32.9 Å². The van der Waals surface area contributed by atoms with E-state index in [1.807, 2.05) is 47.7 Å². The van der Waals surface area contributed by atoms with Crippen LogP contribution in [-0.4, -0.2) is 40.5 Å². The number of rotatable bonds is 7. The summed E-state index contributed by atoms with van der Waals surface area (Å²) in [6, 6.07) is 1.93. The van der Waals surface area contributed by atoms with Crippen LogP contribution in [0.3, 0.4) is 0 Å². The Kier molecular flexibility index (Phi) is 8.71. The third-order valence-corrected chi connectivity index (χ3v) is 4.11. The van der Waals surface area contributed by atoms with E-state index in [0.717, 1.165) is 24.2 Å². The SMILES string of the molecule is CCNC(=NCC(C)(O)c1ccsc1)NCCn1cc(C)cn1.I. The number of aliphatic imine (C=N–C) groups is 1. The number of nitrogens with one attached hydrogen (secondary N) is 2. The normalized spacial score (nSPS) is 13.9. The monoisotopic (exact) mass is 463 g/mol. The standard InChI is InChI=1S/C16H25N5OS.HI/c1-4-17-15(18-6-7-21-10-13(2)9-20-21)19-12-16(3,22)14-5-8-23-11-14;/h5,8-11,22H,4,6-7,12H2,1-3H3,(H2,17,18,19);1H. The van der Waals surface area contributed by atoms with Gasteiger partial charge in [0, 0.05) is 19.3 Å². The predicted molar refractivity (Wildman–Crippen MR) is 110 cm³/mol. The summed E-state index contributed by atoms with van der Waals surface area (Å²) in [7, 11) is 0. The van der Waals surface area contributed by atoms with Crippen molar-refractivity contribution in [3.05, 3.63) is 40.3 Å². The van der Waals surface area contributed by atoms with E-state index in [4.69, 9.17) is 0 Å². The van der Waals surface area contributed by atoms with Gasteiger partial charge < -0.3 is 15.7 Å². The zero-order chi connectivity index (χ0) is 16.7. The molecule has 0 spiro atoms. The molecule has 0 aliphatic heterocycles. The van der Waals surface area contributed by atoms with Crippen LogP contribution in [0.1, 0.15) is 25.0 Å². The molecule has 2 aromatic heterocycles. The van der Waals surface area contributed by atoms with Crippen LogP contribution in [0.15, 0.2) is 34.2 Å². The van der Waals surface area contributed by atoms with Crippen LogP contribution in [0.5, 0.6) is 0 Å². The molecule has 8 heteroatoms. The Morgan fingerprint density at radius 3 is 2.83 bits per heavy atom. The smallest absolute Gasteiger partial charge is 0.191 e. The molecule has 24 heavy (non-hydrogen) atoms. The molecule has 1 unspecified atom stereocenters. The molecule has 0 bridgehead atoms. The second kappa shape index (κ2) is 10.00. The van der Waals surface area contributed by atoms with E-state index in [-0.39, 0.29) is 24.0 Å². The van der Waals surface area contributed by atoms with E-state index in [0.29, 0.717) is 19.0 Å². The summed E-state index contributed by atoms with van der Waals surface area (Å²) in [6.45, 7) is 8.38. The summed E-state index contributed by atoms with van der Waals surface area (Å²) < 4.78 is 1.90. The Morgan fingerprint density at radius 1 is 1.46 bits per heavy atom. The summed E-state index contributed by atoms with van der Waals surface area (Å²) >= 11 is 1.58. The highest BCUT2D eigenvalue weighted by molar-refractivity contribution is 14.0. The average molecular weight is 463 g/mol. The van der Waals surface area contributed by atoms with Crippen LogP contribution in [0.2, 0.25) is 0 Å². The van der Waals surface area contributed by atoms with Crippen molar-refractivity contribution in [2.24, 2.45) is 4.99 Å². The van der Waals surface area contributed by atoms with E-state index in [2.05, 4.69) is 20.7 Å². The van der Waals surface area contributed by atoms with Crippen molar-refractivity contribution in [2.75, 3.05) is 19.6 Å². The van der Waals surface area contributed by atoms with Crippen LogP contribution in [0, 0.1) is 6.92 Å². The number of thiophene rings is 1. The quantitative estimate of drug-likeness (QED) is 0.335. The van der Waals surface area contributed by atoms with Crippen molar-refractivity contribution in [3.63, 3.8) is 0 Å². The first-order chi connectivity index (χ1) is 11.0. The van der Waals surface area contributed by atoms with Gasteiger partial charge in [0.05, 0.1) is 19.3 Å². The molecule has 0 amide bonds. The first-order valence-electron chi connectivity index (χ1n) is 7.77. The number of nitrogens with zero attached hydrogens (tertiary/aromatic N) is 3. The second-order valence-electron chi connectivity index (χ2n) is 5.69. The molecular formula is C16H26IN5OS. The lowest BCUT2D eigenvalue weighted by atomic mass is 10.00. The zero-order valence-electron chi connectivity index (χ0n) is 14.3. The van der Waals surface area contributed by atoms with Crippen molar-refractivity contribution in [3.8, 4) is 0 Å². The third kappa shape index (κ3) is 6.40. The predicted octanol–water partition coefficient (Wildman–Crippen LogP) is 2.33. The number of guanidine groups is 1. The number of aliphatic hydroxyl groups is 1. The van der Waals surface area contributed by atoms with Crippen LogP contribution in [-0.2, 0) is 12.1 Å². The topological polar surface area (TPSA) is 74.5 Å². The Hall–Kier alpha value is -1.13. The molecule has 2 rings (SSSR count). The van der Waals surface area contributed by atoms with Crippen molar-refractivity contribution in [1.82, 2.24) is 20.4 Å². The summed E-state index contributed by atoms with van der Waals surface area (Å²) in [5.74, 6) is 0.701. The first kappa shape index (κ1) is 20.9. The van der Waals surface area contributed by atoms with E-state index in [9.17, 15) is 5.11 Å². The molecular weight excluding hydrogens is 437 g/mol. The first-order valence-corrected chi connectivity index (χ1v) is 8.72. The maximum Gasteiger partial charge on any atom is 0.191 e. The molecule has 3 N–H and O–H groups in total. The average Bonchev–Trinajstić information content (AvgIpc) is 3.17. The molecule has 0 fully saturated rings. The van der Waals surface area contributed by atoms with Gasteiger partial charge in [-0.2, -0.15) is 16.4 Å². The fourth-order valence-electron chi connectivity index (χ4n) is 2.12. The Morgan fingerprint density at radius 2 is 2.25 bits per heavy atom. The van der Waals surface area contributed by atoms with Gasteiger partial charge >= 0.3 is 0 Å². The molecule has 0 aromatic carbocycles. The summed E-state index contributed by atoms with van der Waals surface area (Å²) in [5, 5.41) is 25.2. The molecule has 0 aliphatic carbocycles. The van der Waals surface area contributed by atoms with Gasteiger partial charge in [-0.1, -0.05) is 0 Å². The molecule has 0 aliphatic rings. The molecule has 134 valence electrons. The Labute approximate surface area is 164 Å². The maximum atomic E-state index is 10.5. The molecule has 1 atom stereocenters. The number of aromatic nitrogens is 2. The van der Waals surface area contributed by atoms with E-state index in [1.54, 1.807) is 18.3 Å². The van der Waals surface area contributed by atoms with Gasteiger partial charge in [-0.3, -0.25) is 4.68 Å². The van der Waals surface area contributed by atoms with Gasteiger partial charge in [-0.25, -0.2) is 4.99 Å². The van der Waals surface area contributed by atoms with E-state index in [1.165, 1.54) is 0 Å².